The van der Waals surface area contributed by atoms with Gasteiger partial charge in [0.1, 0.15) is 12.4 Å². The Morgan fingerprint density at radius 3 is 2.48 bits per heavy atom. The molecule has 0 radical (unpaired) electrons. The van der Waals surface area contributed by atoms with Gasteiger partial charge in [-0.25, -0.2) is 0 Å². The van der Waals surface area contributed by atoms with E-state index in [1.807, 2.05) is 72.8 Å². The van der Waals surface area contributed by atoms with Crippen LogP contribution in [-0.4, -0.2) is 0 Å². The molecule has 0 aliphatic heterocycles. The van der Waals surface area contributed by atoms with Gasteiger partial charge in [0, 0.05) is 10.6 Å². The maximum absolute atomic E-state index is 9.53. The topological polar surface area (TPSA) is 33.0 Å². The summed E-state index contributed by atoms with van der Waals surface area (Å²) < 4.78 is 5.95. The van der Waals surface area contributed by atoms with Crippen molar-refractivity contribution in [3.8, 4) is 11.8 Å². The van der Waals surface area contributed by atoms with Gasteiger partial charge in [0.05, 0.1) is 11.6 Å². The summed E-state index contributed by atoms with van der Waals surface area (Å²) in [7, 11) is 0. The summed E-state index contributed by atoms with van der Waals surface area (Å²) in [5.74, 6) is 0.737. The van der Waals surface area contributed by atoms with Gasteiger partial charge in [0.25, 0.3) is 0 Å². The van der Waals surface area contributed by atoms with Crippen molar-refractivity contribution in [3.05, 3.63) is 101 Å². The van der Waals surface area contributed by atoms with Crippen molar-refractivity contribution in [1.82, 2.24) is 0 Å². The molecule has 0 heterocycles. The molecule has 3 heteroatoms. The second kappa shape index (κ2) is 8.19. The van der Waals surface area contributed by atoms with Crippen molar-refractivity contribution in [1.29, 1.82) is 5.26 Å². The summed E-state index contributed by atoms with van der Waals surface area (Å²) in [5.41, 5.74) is 3.28. The molecule has 0 bridgehead atoms. The van der Waals surface area contributed by atoms with Crippen LogP contribution in [0.4, 0.5) is 0 Å². The lowest BCUT2D eigenvalue weighted by molar-refractivity contribution is 0.305. The first kappa shape index (κ1) is 16.8. The van der Waals surface area contributed by atoms with Crippen molar-refractivity contribution >= 4 is 23.3 Å². The molecule has 0 N–H and O–H groups in total. The Hall–Kier alpha value is -3.02. The number of ether oxygens (including phenoxy) is 1. The fourth-order valence-corrected chi connectivity index (χ4v) is 2.65. The second-order valence-electron chi connectivity index (χ2n) is 5.49. The number of allylic oxidation sites excluding steroid dienone is 1. The number of para-hydroxylation sites is 1. The molecular weight excluding hydrogens is 330 g/mol. The van der Waals surface area contributed by atoms with Crippen LogP contribution in [0.2, 0.25) is 5.02 Å². The Labute approximate surface area is 152 Å². The van der Waals surface area contributed by atoms with Gasteiger partial charge in [0.15, 0.2) is 0 Å². The van der Waals surface area contributed by atoms with E-state index < -0.39 is 0 Å². The van der Waals surface area contributed by atoms with Crippen molar-refractivity contribution in [2.75, 3.05) is 0 Å². The molecule has 3 aromatic rings. The molecule has 0 fully saturated rings. The quantitative estimate of drug-likeness (QED) is 0.420. The normalized spacial score (nSPS) is 11.0. The average molecular weight is 346 g/mol. The molecule has 0 saturated heterocycles. The van der Waals surface area contributed by atoms with Crippen LogP contribution in [0.3, 0.4) is 0 Å². The maximum atomic E-state index is 9.53. The van der Waals surface area contributed by atoms with Gasteiger partial charge in [-0.05, 0) is 35.4 Å². The van der Waals surface area contributed by atoms with Crippen LogP contribution in [0.15, 0.2) is 78.9 Å². The fraction of sp³-hybridized carbons (Fsp3) is 0.0455. The number of nitrogens with zero attached hydrogens (tertiary/aromatic N) is 1. The average Bonchev–Trinajstić information content (AvgIpc) is 2.66. The number of nitriles is 1. The zero-order chi connectivity index (χ0) is 17.5. The molecule has 0 unspecified atom stereocenters. The van der Waals surface area contributed by atoms with Crippen molar-refractivity contribution < 1.29 is 4.74 Å². The van der Waals surface area contributed by atoms with E-state index >= 15 is 0 Å². The summed E-state index contributed by atoms with van der Waals surface area (Å²) in [4.78, 5) is 0. The molecule has 0 aliphatic carbocycles. The molecule has 0 amide bonds. The summed E-state index contributed by atoms with van der Waals surface area (Å²) in [5, 5.41) is 10.1. The van der Waals surface area contributed by atoms with E-state index in [9.17, 15) is 5.26 Å². The Kier molecular flexibility index (Phi) is 5.51. The Balaban J connectivity index is 1.88. The molecule has 0 aliphatic rings. The van der Waals surface area contributed by atoms with Crippen molar-refractivity contribution in [2.45, 2.75) is 6.61 Å². The van der Waals surface area contributed by atoms with E-state index in [0.717, 1.165) is 22.4 Å². The summed E-state index contributed by atoms with van der Waals surface area (Å²) in [6.45, 7) is 0.477. The summed E-state index contributed by atoms with van der Waals surface area (Å²) in [6, 6.07) is 27.2. The molecule has 0 aromatic heterocycles. The zero-order valence-electron chi connectivity index (χ0n) is 13.5. The third kappa shape index (κ3) is 4.50. The van der Waals surface area contributed by atoms with E-state index in [0.29, 0.717) is 17.2 Å². The minimum absolute atomic E-state index is 0.477. The van der Waals surface area contributed by atoms with Gasteiger partial charge >= 0.3 is 0 Å². The third-order valence-corrected chi connectivity index (χ3v) is 3.95. The van der Waals surface area contributed by atoms with Crippen LogP contribution in [0.25, 0.3) is 11.6 Å². The number of benzene rings is 3. The van der Waals surface area contributed by atoms with Gasteiger partial charge in [-0.15, -0.1) is 0 Å². The molecule has 3 aromatic carbocycles. The molecule has 0 atom stereocenters. The van der Waals surface area contributed by atoms with Crippen LogP contribution in [0, 0.1) is 11.3 Å². The van der Waals surface area contributed by atoms with Crippen LogP contribution >= 0.6 is 11.6 Å². The molecule has 122 valence electrons. The number of hydrogen-bond acceptors (Lipinski definition) is 2. The van der Waals surface area contributed by atoms with E-state index in [4.69, 9.17) is 16.3 Å². The van der Waals surface area contributed by atoms with E-state index in [1.54, 1.807) is 12.1 Å². The second-order valence-corrected chi connectivity index (χ2v) is 5.93. The van der Waals surface area contributed by atoms with Crippen LogP contribution in [-0.2, 0) is 6.61 Å². The SMILES string of the molecule is N#C/C(=C/c1ccccc1OCc1ccccc1)c1cccc(Cl)c1. The van der Waals surface area contributed by atoms with E-state index in [1.165, 1.54) is 0 Å². The molecule has 25 heavy (non-hydrogen) atoms. The smallest absolute Gasteiger partial charge is 0.127 e. The van der Waals surface area contributed by atoms with Crippen molar-refractivity contribution in [3.63, 3.8) is 0 Å². The van der Waals surface area contributed by atoms with Crippen LogP contribution < -0.4 is 4.74 Å². The highest BCUT2D eigenvalue weighted by molar-refractivity contribution is 6.30. The predicted octanol–water partition coefficient (Wildman–Crippen LogP) is 5.98. The monoisotopic (exact) mass is 345 g/mol. The van der Waals surface area contributed by atoms with Gasteiger partial charge in [-0.2, -0.15) is 5.26 Å². The standard InChI is InChI=1S/C22H16ClNO/c23-21-11-6-10-18(14-21)20(15-24)13-19-9-4-5-12-22(19)25-16-17-7-2-1-3-8-17/h1-14H,16H2/b20-13-. The molecule has 0 spiro atoms. The minimum Gasteiger partial charge on any atom is -0.488 e. The van der Waals surface area contributed by atoms with Gasteiger partial charge in [-0.1, -0.05) is 72.3 Å². The highest BCUT2D eigenvalue weighted by atomic mass is 35.5. The molecular formula is C22H16ClNO. The lowest BCUT2D eigenvalue weighted by Gasteiger charge is -2.10. The van der Waals surface area contributed by atoms with Crippen LogP contribution in [0.1, 0.15) is 16.7 Å². The first-order valence-electron chi connectivity index (χ1n) is 7.90. The molecule has 0 saturated carbocycles. The number of halogens is 1. The van der Waals surface area contributed by atoms with Gasteiger partial charge in [-0.3, -0.25) is 0 Å². The Morgan fingerprint density at radius 1 is 0.960 bits per heavy atom. The predicted molar refractivity (Wildman–Crippen MR) is 102 cm³/mol. The highest BCUT2D eigenvalue weighted by Gasteiger charge is 2.06. The maximum Gasteiger partial charge on any atom is 0.127 e. The first-order valence-corrected chi connectivity index (χ1v) is 8.27. The lowest BCUT2D eigenvalue weighted by Crippen LogP contribution is -1.96. The lowest BCUT2D eigenvalue weighted by atomic mass is 10.0. The number of hydrogen-bond donors (Lipinski definition) is 0. The van der Waals surface area contributed by atoms with E-state index in [-0.39, 0.29) is 0 Å². The highest BCUT2D eigenvalue weighted by Crippen LogP contribution is 2.26. The van der Waals surface area contributed by atoms with Gasteiger partial charge < -0.3 is 4.74 Å². The molecule has 2 nitrogen and oxygen atoms in total. The summed E-state index contributed by atoms with van der Waals surface area (Å²) >= 11 is 6.04. The van der Waals surface area contributed by atoms with Crippen LogP contribution in [0.5, 0.6) is 5.75 Å². The molecule has 3 rings (SSSR count). The summed E-state index contributed by atoms with van der Waals surface area (Å²) in [6.07, 6.45) is 1.83. The minimum atomic E-state index is 0.477. The van der Waals surface area contributed by atoms with Crippen molar-refractivity contribution in [2.24, 2.45) is 0 Å². The fourth-order valence-electron chi connectivity index (χ4n) is 2.46. The van der Waals surface area contributed by atoms with E-state index in [2.05, 4.69) is 6.07 Å². The zero-order valence-corrected chi connectivity index (χ0v) is 14.3. The first-order chi connectivity index (χ1) is 12.3. The largest absolute Gasteiger partial charge is 0.488 e. The third-order valence-electron chi connectivity index (χ3n) is 3.71. The number of rotatable bonds is 5. The Bertz CT molecular complexity index is 926. The Morgan fingerprint density at radius 2 is 1.72 bits per heavy atom. The van der Waals surface area contributed by atoms with Gasteiger partial charge in [0.2, 0.25) is 0 Å².